The van der Waals surface area contributed by atoms with Crippen molar-refractivity contribution in [3.8, 4) is 5.82 Å². The Bertz CT molecular complexity index is 1290. The molecule has 0 bridgehead atoms. The lowest BCUT2D eigenvalue weighted by Crippen LogP contribution is -2.49. The number of nitrogens with zero attached hydrogens (tertiary/aromatic N) is 7. The highest BCUT2D eigenvalue weighted by Gasteiger charge is 2.26. The number of piperazine rings is 1. The Kier molecular flexibility index (Phi) is 5.82. The van der Waals surface area contributed by atoms with Crippen LogP contribution in [-0.4, -0.2) is 67.7 Å². The lowest BCUT2D eigenvalue weighted by molar-refractivity contribution is 0.0742. The van der Waals surface area contributed by atoms with Crippen molar-refractivity contribution in [1.29, 1.82) is 0 Å². The number of ketones is 1. The number of benzene rings is 2. The molecule has 5 rings (SSSR count). The lowest BCUT2D eigenvalue weighted by atomic mass is 9.97. The Labute approximate surface area is 196 Å². The van der Waals surface area contributed by atoms with Crippen LogP contribution in [0.3, 0.4) is 0 Å². The van der Waals surface area contributed by atoms with E-state index in [0.717, 1.165) is 11.4 Å². The third-order valence-corrected chi connectivity index (χ3v) is 5.90. The van der Waals surface area contributed by atoms with Crippen LogP contribution in [0.25, 0.3) is 5.82 Å². The van der Waals surface area contributed by atoms with Crippen molar-refractivity contribution in [2.24, 2.45) is 0 Å². The van der Waals surface area contributed by atoms with Crippen molar-refractivity contribution in [1.82, 2.24) is 29.9 Å². The van der Waals surface area contributed by atoms with Gasteiger partial charge in [-0.2, -0.15) is 5.10 Å². The van der Waals surface area contributed by atoms with Gasteiger partial charge in [-0.1, -0.05) is 48.0 Å². The smallest absolute Gasteiger partial charge is 0.254 e. The topological polar surface area (TPSA) is 97.1 Å². The first kappa shape index (κ1) is 21.4. The molecule has 1 amide bonds. The van der Waals surface area contributed by atoms with Gasteiger partial charge in [0.1, 0.15) is 12.7 Å². The maximum absolute atomic E-state index is 13.3. The van der Waals surface area contributed by atoms with Crippen molar-refractivity contribution in [2.45, 2.75) is 6.92 Å². The van der Waals surface area contributed by atoms with Gasteiger partial charge in [-0.25, -0.2) is 9.67 Å². The normalized spacial score (nSPS) is 13.7. The highest BCUT2D eigenvalue weighted by atomic mass is 16.2. The van der Waals surface area contributed by atoms with Gasteiger partial charge in [-0.3, -0.25) is 9.59 Å². The highest BCUT2D eigenvalue weighted by Crippen LogP contribution is 2.20. The minimum absolute atomic E-state index is 0.136. The highest BCUT2D eigenvalue weighted by molar-refractivity contribution is 6.15. The van der Waals surface area contributed by atoms with Gasteiger partial charge in [0.05, 0.1) is 5.56 Å². The molecule has 0 atom stereocenters. The molecule has 1 aliphatic heterocycles. The zero-order valence-corrected chi connectivity index (χ0v) is 18.7. The largest absolute Gasteiger partial charge is 0.352 e. The first-order valence-electron chi connectivity index (χ1n) is 11.0. The summed E-state index contributed by atoms with van der Waals surface area (Å²) in [6.45, 7) is 4.27. The quantitative estimate of drug-likeness (QED) is 0.429. The van der Waals surface area contributed by atoms with Gasteiger partial charge in [-0.15, -0.1) is 10.2 Å². The Morgan fingerprint density at radius 1 is 0.794 bits per heavy atom. The summed E-state index contributed by atoms with van der Waals surface area (Å²) in [6.07, 6.45) is 3.01. The molecular weight excluding hydrogens is 430 g/mol. The summed E-state index contributed by atoms with van der Waals surface area (Å²) in [7, 11) is 0. The predicted molar refractivity (Wildman–Crippen MR) is 126 cm³/mol. The number of carbonyl (C=O) groups is 2. The fourth-order valence-corrected chi connectivity index (χ4v) is 3.97. The lowest BCUT2D eigenvalue weighted by Gasteiger charge is -2.35. The van der Waals surface area contributed by atoms with E-state index < -0.39 is 0 Å². The van der Waals surface area contributed by atoms with Gasteiger partial charge in [-0.05, 0) is 25.1 Å². The van der Waals surface area contributed by atoms with E-state index in [2.05, 4.69) is 25.2 Å². The number of carbonyl (C=O) groups excluding carboxylic acids is 2. The molecule has 0 saturated carbocycles. The van der Waals surface area contributed by atoms with E-state index in [1.807, 2.05) is 31.2 Å². The molecule has 0 aliphatic carbocycles. The van der Waals surface area contributed by atoms with Crippen LogP contribution in [0, 0.1) is 6.92 Å². The summed E-state index contributed by atoms with van der Waals surface area (Å²) in [5.41, 5.74) is 2.51. The van der Waals surface area contributed by atoms with Gasteiger partial charge in [0.25, 0.3) is 5.91 Å². The number of rotatable bonds is 5. The Hall–Kier alpha value is -4.40. The number of amides is 1. The second-order valence-electron chi connectivity index (χ2n) is 8.11. The SMILES string of the molecule is Cc1ccc(C(=O)c2ccccc2C(=O)N2CCN(c3ccc(-n4cncn4)nn3)CC2)cc1. The average Bonchev–Trinajstić information content (AvgIpc) is 3.44. The Morgan fingerprint density at radius 3 is 2.12 bits per heavy atom. The third kappa shape index (κ3) is 4.27. The van der Waals surface area contributed by atoms with Gasteiger partial charge in [0.2, 0.25) is 0 Å². The molecule has 0 radical (unpaired) electrons. The number of aromatic nitrogens is 5. The Morgan fingerprint density at radius 2 is 1.47 bits per heavy atom. The molecule has 34 heavy (non-hydrogen) atoms. The van der Waals surface area contributed by atoms with E-state index >= 15 is 0 Å². The molecule has 4 aromatic rings. The molecular formula is C25H23N7O2. The van der Waals surface area contributed by atoms with Gasteiger partial charge in [0.15, 0.2) is 17.4 Å². The summed E-state index contributed by atoms with van der Waals surface area (Å²) in [5, 5.41) is 12.6. The number of hydrogen-bond donors (Lipinski definition) is 0. The molecule has 1 fully saturated rings. The fraction of sp³-hybridized carbons (Fsp3) is 0.200. The van der Waals surface area contributed by atoms with E-state index in [9.17, 15) is 9.59 Å². The first-order valence-corrected chi connectivity index (χ1v) is 11.0. The van der Waals surface area contributed by atoms with E-state index in [1.165, 1.54) is 6.33 Å². The number of anilines is 1. The standard InChI is InChI=1S/C25H23N7O2/c1-18-6-8-19(9-7-18)24(33)20-4-2-3-5-21(20)25(34)31-14-12-30(13-15-31)22-10-11-23(29-28-22)32-17-26-16-27-32/h2-11,16-17H,12-15H2,1H3. The average molecular weight is 454 g/mol. The summed E-state index contributed by atoms with van der Waals surface area (Å²) in [6, 6.07) is 18.1. The van der Waals surface area contributed by atoms with Crippen LogP contribution in [-0.2, 0) is 0 Å². The zero-order chi connectivity index (χ0) is 23.5. The van der Waals surface area contributed by atoms with Crippen molar-refractivity contribution in [3.63, 3.8) is 0 Å². The van der Waals surface area contributed by atoms with Crippen molar-refractivity contribution in [3.05, 3.63) is 95.6 Å². The molecule has 1 saturated heterocycles. The van der Waals surface area contributed by atoms with Crippen LogP contribution >= 0.6 is 0 Å². The number of hydrogen-bond acceptors (Lipinski definition) is 7. The van der Waals surface area contributed by atoms with Crippen LogP contribution in [0.2, 0.25) is 0 Å². The van der Waals surface area contributed by atoms with Gasteiger partial charge >= 0.3 is 0 Å². The fourth-order valence-electron chi connectivity index (χ4n) is 3.97. The molecule has 0 unspecified atom stereocenters. The maximum Gasteiger partial charge on any atom is 0.254 e. The minimum atomic E-state index is -0.148. The third-order valence-electron chi connectivity index (χ3n) is 5.90. The monoisotopic (exact) mass is 453 g/mol. The molecule has 9 nitrogen and oxygen atoms in total. The first-order chi connectivity index (χ1) is 16.6. The van der Waals surface area contributed by atoms with Crippen LogP contribution in [0.4, 0.5) is 5.82 Å². The second-order valence-corrected chi connectivity index (χ2v) is 8.11. The summed E-state index contributed by atoms with van der Waals surface area (Å²) in [5.74, 6) is 1.05. The van der Waals surface area contributed by atoms with Crippen LogP contribution in [0.5, 0.6) is 0 Å². The second kappa shape index (κ2) is 9.22. The molecule has 2 aromatic heterocycles. The molecule has 3 heterocycles. The van der Waals surface area contributed by atoms with Gasteiger partial charge < -0.3 is 9.80 Å². The van der Waals surface area contributed by atoms with Crippen molar-refractivity contribution in [2.75, 3.05) is 31.1 Å². The van der Waals surface area contributed by atoms with E-state index in [-0.39, 0.29) is 11.7 Å². The molecule has 9 heteroatoms. The van der Waals surface area contributed by atoms with Crippen LogP contribution in [0.1, 0.15) is 31.8 Å². The molecule has 0 N–H and O–H groups in total. The van der Waals surface area contributed by atoms with Crippen molar-refractivity contribution >= 4 is 17.5 Å². The van der Waals surface area contributed by atoms with E-state index in [1.54, 1.807) is 52.3 Å². The molecule has 0 spiro atoms. The van der Waals surface area contributed by atoms with E-state index in [0.29, 0.717) is 48.7 Å². The summed E-state index contributed by atoms with van der Waals surface area (Å²) < 4.78 is 1.54. The zero-order valence-electron chi connectivity index (χ0n) is 18.7. The maximum atomic E-state index is 13.3. The predicted octanol–water partition coefficient (Wildman–Crippen LogP) is 2.56. The van der Waals surface area contributed by atoms with Crippen LogP contribution in [0.15, 0.2) is 73.3 Å². The molecule has 1 aliphatic rings. The van der Waals surface area contributed by atoms with E-state index in [4.69, 9.17) is 0 Å². The van der Waals surface area contributed by atoms with Gasteiger partial charge in [0, 0.05) is 37.3 Å². The number of aryl methyl sites for hydroxylation is 1. The van der Waals surface area contributed by atoms with Crippen molar-refractivity contribution < 1.29 is 9.59 Å². The minimum Gasteiger partial charge on any atom is -0.352 e. The molecule has 2 aromatic carbocycles. The summed E-state index contributed by atoms with van der Waals surface area (Å²) in [4.78, 5) is 34.2. The molecule has 170 valence electrons. The Balaban J connectivity index is 1.27. The summed E-state index contributed by atoms with van der Waals surface area (Å²) >= 11 is 0. The van der Waals surface area contributed by atoms with Crippen LogP contribution < -0.4 is 4.90 Å².